The van der Waals surface area contributed by atoms with Gasteiger partial charge in [-0.05, 0) is 12.1 Å². The minimum atomic E-state index is -1.31. The van der Waals surface area contributed by atoms with Crippen molar-refractivity contribution in [2.45, 2.75) is 25.4 Å². The highest BCUT2D eigenvalue weighted by Gasteiger charge is 2.38. The van der Waals surface area contributed by atoms with E-state index >= 15 is 0 Å². The maximum Gasteiger partial charge on any atom is 0.204 e. The Balaban J connectivity index is 2.58. The molecule has 2 aromatic carbocycles. The van der Waals surface area contributed by atoms with E-state index < -0.39 is 35.1 Å². The third-order valence-electron chi connectivity index (χ3n) is 4.88. The summed E-state index contributed by atoms with van der Waals surface area (Å²) in [6.45, 7) is 2.42. The lowest BCUT2D eigenvalue weighted by atomic mass is 9.77. The Hall–Kier alpha value is -2.97. The van der Waals surface area contributed by atoms with Gasteiger partial charge in [-0.15, -0.1) is 0 Å². The number of phenols is 3. The lowest BCUT2D eigenvalue weighted by molar-refractivity contribution is 0.0393. The zero-order chi connectivity index (χ0) is 20.1. The third-order valence-corrected chi connectivity index (χ3v) is 4.88. The fraction of sp³-hybridized carbons (Fsp3) is 0.316. The van der Waals surface area contributed by atoms with Gasteiger partial charge in [0.25, 0.3) is 0 Å². The smallest absolute Gasteiger partial charge is 0.204 e. The van der Waals surface area contributed by atoms with E-state index in [1.165, 1.54) is 39.2 Å². The summed E-state index contributed by atoms with van der Waals surface area (Å²) >= 11 is 0. The maximum absolute atomic E-state index is 12.9. The molecular formula is C19H20O8. The number of hydrogen-bond donors (Lipinski definition) is 5. The molecule has 0 spiro atoms. The van der Waals surface area contributed by atoms with Crippen molar-refractivity contribution < 1.29 is 34.7 Å². The quantitative estimate of drug-likeness (QED) is 0.342. The van der Waals surface area contributed by atoms with Crippen LogP contribution in [0.25, 0.3) is 21.9 Å². The van der Waals surface area contributed by atoms with E-state index in [4.69, 9.17) is 9.15 Å². The number of benzene rings is 2. The Morgan fingerprint density at radius 2 is 1.81 bits per heavy atom. The summed E-state index contributed by atoms with van der Waals surface area (Å²) in [6.07, 6.45) is -1.31. The minimum absolute atomic E-state index is 0.00818. The molecule has 0 unspecified atom stereocenters. The van der Waals surface area contributed by atoms with Gasteiger partial charge in [0, 0.05) is 11.0 Å². The van der Waals surface area contributed by atoms with Gasteiger partial charge in [-0.2, -0.15) is 0 Å². The summed E-state index contributed by atoms with van der Waals surface area (Å²) in [5.41, 5.74) is -2.51. The first kappa shape index (κ1) is 18.8. The highest BCUT2D eigenvalue weighted by Crippen LogP contribution is 2.50. The second-order valence-corrected chi connectivity index (χ2v) is 6.81. The highest BCUT2D eigenvalue weighted by atomic mass is 16.5. The molecule has 1 heterocycles. The summed E-state index contributed by atoms with van der Waals surface area (Å²) in [4.78, 5) is 12.9. The summed E-state index contributed by atoms with van der Waals surface area (Å²) in [7, 11) is 1.24. The van der Waals surface area contributed by atoms with Gasteiger partial charge < -0.3 is 34.7 Å². The van der Waals surface area contributed by atoms with Crippen molar-refractivity contribution in [1.29, 1.82) is 0 Å². The predicted molar refractivity (Wildman–Crippen MR) is 97.7 cm³/mol. The van der Waals surface area contributed by atoms with Crippen LogP contribution in [0.2, 0.25) is 0 Å². The fourth-order valence-electron chi connectivity index (χ4n) is 3.23. The zero-order valence-electron chi connectivity index (χ0n) is 15.0. The molecule has 0 aliphatic rings. The minimum Gasteiger partial charge on any atom is -0.507 e. The molecule has 1 aromatic heterocycles. The number of para-hydroxylation sites is 1. The predicted octanol–water partition coefficient (Wildman–Crippen LogP) is 1.70. The Kier molecular flexibility index (Phi) is 4.41. The van der Waals surface area contributed by atoms with Crippen LogP contribution < -0.4 is 10.2 Å². The largest absolute Gasteiger partial charge is 0.507 e. The van der Waals surface area contributed by atoms with Gasteiger partial charge in [-0.25, -0.2) is 0 Å². The van der Waals surface area contributed by atoms with Crippen LogP contribution in [0.3, 0.4) is 0 Å². The molecule has 0 aliphatic carbocycles. The molecule has 3 rings (SSSR count). The zero-order valence-corrected chi connectivity index (χ0v) is 15.0. The Morgan fingerprint density at radius 1 is 1.15 bits per heavy atom. The Bertz CT molecular complexity index is 1100. The molecule has 27 heavy (non-hydrogen) atoms. The molecule has 3 aromatic rings. The molecule has 0 fully saturated rings. The van der Waals surface area contributed by atoms with Crippen LogP contribution in [-0.4, -0.2) is 45.4 Å². The number of aromatic hydroxyl groups is 3. The van der Waals surface area contributed by atoms with Crippen molar-refractivity contribution in [3.05, 3.63) is 34.0 Å². The molecule has 5 N–H and O–H groups in total. The van der Waals surface area contributed by atoms with E-state index in [1.54, 1.807) is 0 Å². The number of aliphatic hydroxyl groups excluding tert-OH is 2. The topological polar surface area (TPSA) is 141 Å². The van der Waals surface area contributed by atoms with Crippen molar-refractivity contribution in [1.82, 2.24) is 0 Å². The SMILES string of the molecule is COc1c(C(C)(C)[C@H](O)CO)c(O)c2c(=O)c3cccc(O)c3oc2c1O. The molecule has 0 saturated carbocycles. The molecular weight excluding hydrogens is 356 g/mol. The molecule has 0 amide bonds. The molecule has 0 radical (unpaired) electrons. The van der Waals surface area contributed by atoms with E-state index in [2.05, 4.69) is 0 Å². The van der Waals surface area contributed by atoms with Gasteiger partial charge in [0.2, 0.25) is 11.2 Å². The van der Waals surface area contributed by atoms with Gasteiger partial charge in [0.1, 0.15) is 11.1 Å². The van der Waals surface area contributed by atoms with Crippen LogP contribution in [0.15, 0.2) is 27.4 Å². The number of methoxy groups -OCH3 is 1. The lowest BCUT2D eigenvalue weighted by Gasteiger charge is -2.32. The van der Waals surface area contributed by atoms with Gasteiger partial charge in [0.15, 0.2) is 22.7 Å². The van der Waals surface area contributed by atoms with Crippen LogP contribution in [0.4, 0.5) is 0 Å². The van der Waals surface area contributed by atoms with Gasteiger partial charge >= 0.3 is 0 Å². The number of rotatable bonds is 4. The van der Waals surface area contributed by atoms with E-state index in [9.17, 15) is 30.3 Å². The van der Waals surface area contributed by atoms with Crippen LogP contribution >= 0.6 is 0 Å². The fourth-order valence-corrected chi connectivity index (χ4v) is 3.23. The summed E-state index contributed by atoms with van der Waals surface area (Å²) in [5.74, 6) is -1.63. The second-order valence-electron chi connectivity index (χ2n) is 6.81. The van der Waals surface area contributed by atoms with Crippen molar-refractivity contribution in [2.24, 2.45) is 0 Å². The van der Waals surface area contributed by atoms with Crippen molar-refractivity contribution in [3.63, 3.8) is 0 Å². The summed E-state index contributed by atoms with van der Waals surface area (Å²) in [6, 6.07) is 4.18. The average molecular weight is 376 g/mol. The number of ether oxygens (including phenoxy) is 1. The van der Waals surface area contributed by atoms with Crippen molar-refractivity contribution in [2.75, 3.05) is 13.7 Å². The molecule has 144 valence electrons. The standard InChI is InChI=1S/C19H20O8/c1-19(2,10(22)7-20)12-14(24)11-13(23)8-5-4-6-9(21)16(8)27-17(11)15(25)18(12)26-3/h4-6,10,20-22,24-25H,7H2,1-3H3/t10-/m1/s1. The summed E-state index contributed by atoms with van der Waals surface area (Å²) < 4.78 is 10.7. The number of aliphatic hydroxyl groups is 2. The Labute approximate surface area is 153 Å². The second kappa shape index (κ2) is 6.33. The van der Waals surface area contributed by atoms with E-state index in [0.29, 0.717) is 0 Å². The Morgan fingerprint density at radius 3 is 2.41 bits per heavy atom. The number of fused-ring (bicyclic) bond motifs is 2. The summed E-state index contributed by atoms with van der Waals surface area (Å²) in [5, 5.41) is 50.7. The van der Waals surface area contributed by atoms with Crippen LogP contribution in [0.5, 0.6) is 23.0 Å². The van der Waals surface area contributed by atoms with Crippen molar-refractivity contribution in [3.8, 4) is 23.0 Å². The van der Waals surface area contributed by atoms with Gasteiger partial charge in [0.05, 0.1) is 25.2 Å². The maximum atomic E-state index is 12.9. The van der Waals surface area contributed by atoms with Crippen molar-refractivity contribution >= 4 is 21.9 Å². The van der Waals surface area contributed by atoms with E-state index in [1.807, 2.05) is 0 Å². The first-order valence-corrected chi connectivity index (χ1v) is 8.16. The number of hydrogen-bond acceptors (Lipinski definition) is 8. The van der Waals surface area contributed by atoms with Crippen LogP contribution in [0, 0.1) is 0 Å². The van der Waals surface area contributed by atoms with E-state index in [0.717, 1.165) is 0 Å². The molecule has 8 heteroatoms. The third kappa shape index (κ3) is 2.56. The van der Waals surface area contributed by atoms with Gasteiger partial charge in [-0.1, -0.05) is 19.9 Å². The normalized spacial score (nSPS) is 13.2. The molecule has 0 bridgehead atoms. The van der Waals surface area contributed by atoms with Gasteiger partial charge in [-0.3, -0.25) is 4.79 Å². The average Bonchev–Trinajstić information content (AvgIpc) is 2.63. The molecule has 0 aliphatic heterocycles. The first-order chi connectivity index (χ1) is 12.7. The monoisotopic (exact) mass is 376 g/mol. The first-order valence-electron chi connectivity index (χ1n) is 8.16. The van der Waals surface area contributed by atoms with Crippen LogP contribution in [-0.2, 0) is 5.41 Å². The molecule has 8 nitrogen and oxygen atoms in total. The highest BCUT2D eigenvalue weighted by molar-refractivity contribution is 6.00. The number of phenolic OH excluding ortho intramolecular Hbond substituents is 3. The van der Waals surface area contributed by atoms with E-state index in [-0.39, 0.29) is 39.0 Å². The lowest BCUT2D eigenvalue weighted by Crippen LogP contribution is -2.37. The molecule has 1 atom stereocenters. The van der Waals surface area contributed by atoms with Crippen LogP contribution in [0.1, 0.15) is 19.4 Å². The molecule has 0 saturated heterocycles.